The van der Waals surface area contributed by atoms with Gasteiger partial charge in [0.05, 0.1) is 12.8 Å². The lowest BCUT2D eigenvalue weighted by molar-refractivity contribution is 0.214. The Morgan fingerprint density at radius 2 is 2.06 bits per heavy atom. The highest BCUT2D eigenvalue weighted by Gasteiger charge is 2.13. The SMILES string of the molecule is Cl.Cl.c1cncc(OCC2CCNCC2)c1. The normalized spacial score (nSPS) is 15.8. The summed E-state index contributed by atoms with van der Waals surface area (Å²) >= 11 is 0. The molecule has 2 heterocycles. The Kier molecular flexibility index (Phi) is 8.35. The van der Waals surface area contributed by atoms with Gasteiger partial charge in [-0.15, -0.1) is 24.8 Å². The van der Waals surface area contributed by atoms with E-state index in [2.05, 4.69) is 10.3 Å². The van der Waals surface area contributed by atoms with Crippen LogP contribution in [0, 0.1) is 5.92 Å². The zero-order chi connectivity index (χ0) is 9.64. The molecular weight excluding hydrogens is 247 g/mol. The Labute approximate surface area is 109 Å². The van der Waals surface area contributed by atoms with Crippen molar-refractivity contribution in [2.24, 2.45) is 5.92 Å². The molecule has 92 valence electrons. The number of pyridine rings is 1. The van der Waals surface area contributed by atoms with E-state index in [4.69, 9.17) is 4.74 Å². The number of nitrogens with zero attached hydrogens (tertiary/aromatic N) is 1. The molecule has 1 fully saturated rings. The van der Waals surface area contributed by atoms with Crippen LogP contribution in [0.15, 0.2) is 24.5 Å². The van der Waals surface area contributed by atoms with Gasteiger partial charge < -0.3 is 10.1 Å². The van der Waals surface area contributed by atoms with Crippen LogP contribution in [0.3, 0.4) is 0 Å². The number of hydrogen-bond donors (Lipinski definition) is 1. The molecule has 0 radical (unpaired) electrons. The molecule has 0 aliphatic carbocycles. The Morgan fingerprint density at radius 1 is 1.31 bits per heavy atom. The second-order valence-corrected chi connectivity index (χ2v) is 3.69. The highest BCUT2D eigenvalue weighted by Crippen LogP contribution is 2.14. The number of aromatic nitrogens is 1. The van der Waals surface area contributed by atoms with Crippen LogP contribution in [0.4, 0.5) is 0 Å². The van der Waals surface area contributed by atoms with Crippen molar-refractivity contribution in [3.63, 3.8) is 0 Å². The topological polar surface area (TPSA) is 34.1 Å². The van der Waals surface area contributed by atoms with Crippen LogP contribution in [0.25, 0.3) is 0 Å². The van der Waals surface area contributed by atoms with Crippen molar-refractivity contribution in [1.29, 1.82) is 0 Å². The highest BCUT2D eigenvalue weighted by atomic mass is 35.5. The molecule has 16 heavy (non-hydrogen) atoms. The average molecular weight is 265 g/mol. The third kappa shape index (κ3) is 5.01. The summed E-state index contributed by atoms with van der Waals surface area (Å²) in [6.07, 6.45) is 5.97. The number of rotatable bonds is 3. The van der Waals surface area contributed by atoms with Gasteiger partial charge in [-0.2, -0.15) is 0 Å². The van der Waals surface area contributed by atoms with E-state index in [1.54, 1.807) is 12.4 Å². The minimum absolute atomic E-state index is 0. The minimum Gasteiger partial charge on any atom is -0.492 e. The standard InChI is InChI=1S/C11H16N2O.2ClH/c1-2-11(8-13-5-1)14-9-10-3-6-12-7-4-10;;/h1-2,5,8,10,12H,3-4,6-7,9H2;2*1H. The first kappa shape index (κ1) is 15.5. The van der Waals surface area contributed by atoms with Gasteiger partial charge in [-0.1, -0.05) is 0 Å². The fourth-order valence-electron chi connectivity index (χ4n) is 1.69. The quantitative estimate of drug-likeness (QED) is 0.910. The molecular formula is C11H18Cl2N2O. The maximum absolute atomic E-state index is 5.66. The predicted octanol–water partition coefficient (Wildman–Crippen LogP) is 2.30. The van der Waals surface area contributed by atoms with Crippen molar-refractivity contribution < 1.29 is 4.74 Å². The van der Waals surface area contributed by atoms with E-state index in [0.717, 1.165) is 25.4 Å². The molecule has 1 N–H and O–H groups in total. The first-order valence-corrected chi connectivity index (χ1v) is 5.19. The second-order valence-electron chi connectivity index (χ2n) is 3.69. The van der Waals surface area contributed by atoms with E-state index in [1.807, 2.05) is 12.1 Å². The molecule has 0 bridgehead atoms. The summed E-state index contributed by atoms with van der Waals surface area (Å²) in [5.74, 6) is 1.59. The van der Waals surface area contributed by atoms with Crippen LogP contribution in [0.2, 0.25) is 0 Å². The summed E-state index contributed by atoms with van der Waals surface area (Å²) in [5.41, 5.74) is 0. The van der Waals surface area contributed by atoms with Crippen LogP contribution in [0.1, 0.15) is 12.8 Å². The van der Waals surface area contributed by atoms with Crippen LogP contribution in [-0.4, -0.2) is 24.7 Å². The molecule has 0 amide bonds. The van der Waals surface area contributed by atoms with Gasteiger partial charge in [-0.3, -0.25) is 4.98 Å². The molecule has 1 aliphatic rings. The van der Waals surface area contributed by atoms with Gasteiger partial charge in [0.2, 0.25) is 0 Å². The Balaban J connectivity index is 0.00000112. The maximum Gasteiger partial charge on any atom is 0.137 e. The molecule has 5 heteroatoms. The first-order chi connectivity index (χ1) is 6.95. The maximum atomic E-state index is 5.66. The molecule has 0 spiro atoms. The van der Waals surface area contributed by atoms with Gasteiger partial charge in [0.1, 0.15) is 5.75 Å². The monoisotopic (exact) mass is 264 g/mol. The van der Waals surface area contributed by atoms with E-state index >= 15 is 0 Å². The average Bonchev–Trinajstić information content (AvgIpc) is 2.29. The van der Waals surface area contributed by atoms with E-state index in [1.165, 1.54) is 12.8 Å². The summed E-state index contributed by atoms with van der Waals surface area (Å²) in [4.78, 5) is 4.01. The Hall–Kier alpha value is -0.510. The number of hydrogen-bond acceptors (Lipinski definition) is 3. The summed E-state index contributed by atoms with van der Waals surface area (Å²) < 4.78 is 5.66. The Morgan fingerprint density at radius 3 is 2.69 bits per heavy atom. The van der Waals surface area contributed by atoms with Crippen LogP contribution in [-0.2, 0) is 0 Å². The summed E-state index contributed by atoms with van der Waals surface area (Å²) in [5, 5.41) is 3.34. The number of halogens is 2. The van der Waals surface area contributed by atoms with E-state index in [-0.39, 0.29) is 24.8 Å². The molecule has 3 nitrogen and oxygen atoms in total. The van der Waals surface area contributed by atoms with Gasteiger partial charge in [0.15, 0.2) is 0 Å². The van der Waals surface area contributed by atoms with Gasteiger partial charge >= 0.3 is 0 Å². The predicted molar refractivity (Wildman–Crippen MR) is 69.8 cm³/mol. The van der Waals surface area contributed by atoms with Gasteiger partial charge in [0, 0.05) is 6.20 Å². The summed E-state index contributed by atoms with van der Waals surface area (Å²) in [7, 11) is 0. The van der Waals surface area contributed by atoms with Gasteiger partial charge in [-0.25, -0.2) is 0 Å². The van der Waals surface area contributed by atoms with Crippen molar-refractivity contribution in [2.45, 2.75) is 12.8 Å². The third-order valence-corrected chi connectivity index (χ3v) is 2.58. The lowest BCUT2D eigenvalue weighted by Crippen LogP contribution is -2.30. The Bertz CT molecular complexity index is 266. The lowest BCUT2D eigenvalue weighted by atomic mass is 9.99. The lowest BCUT2D eigenvalue weighted by Gasteiger charge is -2.22. The van der Waals surface area contributed by atoms with Crippen LogP contribution in [0.5, 0.6) is 5.75 Å². The molecule has 1 saturated heterocycles. The molecule has 0 saturated carbocycles. The fraction of sp³-hybridized carbons (Fsp3) is 0.545. The zero-order valence-corrected chi connectivity index (χ0v) is 10.7. The van der Waals surface area contributed by atoms with E-state index in [9.17, 15) is 0 Å². The van der Waals surface area contributed by atoms with Gasteiger partial charge in [0.25, 0.3) is 0 Å². The first-order valence-electron chi connectivity index (χ1n) is 5.19. The van der Waals surface area contributed by atoms with E-state index in [0.29, 0.717) is 5.92 Å². The van der Waals surface area contributed by atoms with Crippen molar-refractivity contribution in [1.82, 2.24) is 10.3 Å². The third-order valence-electron chi connectivity index (χ3n) is 2.58. The summed E-state index contributed by atoms with van der Waals surface area (Å²) in [6.45, 7) is 3.08. The van der Waals surface area contributed by atoms with Crippen LogP contribution >= 0.6 is 24.8 Å². The molecule has 2 rings (SSSR count). The highest BCUT2D eigenvalue weighted by molar-refractivity contribution is 5.85. The fourth-order valence-corrected chi connectivity index (χ4v) is 1.69. The number of nitrogens with one attached hydrogen (secondary N) is 1. The minimum atomic E-state index is 0. The van der Waals surface area contributed by atoms with Crippen molar-refractivity contribution in [3.8, 4) is 5.75 Å². The molecule has 1 aromatic heterocycles. The second kappa shape index (κ2) is 8.62. The molecule has 1 aromatic rings. The molecule has 1 aliphatic heterocycles. The van der Waals surface area contributed by atoms with E-state index < -0.39 is 0 Å². The largest absolute Gasteiger partial charge is 0.492 e. The molecule has 0 aromatic carbocycles. The number of ether oxygens (including phenoxy) is 1. The number of piperidine rings is 1. The molecule has 0 unspecified atom stereocenters. The van der Waals surface area contributed by atoms with Gasteiger partial charge in [-0.05, 0) is 44.0 Å². The van der Waals surface area contributed by atoms with Crippen LogP contribution < -0.4 is 10.1 Å². The summed E-state index contributed by atoms with van der Waals surface area (Å²) in [6, 6.07) is 3.85. The molecule has 0 atom stereocenters. The zero-order valence-electron chi connectivity index (χ0n) is 9.09. The van der Waals surface area contributed by atoms with Crippen molar-refractivity contribution in [3.05, 3.63) is 24.5 Å². The van der Waals surface area contributed by atoms with Crippen molar-refractivity contribution >= 4 is 24.8 Å². The van der Waals surface area contributed by atoms with Crippen molar-refractivity contribution in [2.75, 3.05) is 19.7 Å². The smallest absolute Gasteiger partial charge is 0.137 e.